The van der Waals surface area contributed by atoms with Crippen LogP contribution in [-0.2, 0) is 5.75 Å². The molecule has 1 aromatic carbocycles. The maximum Gasteiger partial charge on any atom is 0.118 e. The van der Waals surface area contributed by atoms with Crippen molar-refractivity contribution < 1.29 is 4.74 Å². The third-order valence-corrected chi connectivity index (χ3v) is 3.96. The highest BCUT2D eigenvalue weighted by atomic mass is 32.2. The molecule has 0 bridgehead atoms. The van der Waals surface area contributed by atoms with Crippen LogP contribution in [0.25, 0.3) is 10.9 Å². The monoisotopic (exact) mass is 270 g/mol. The highest BCUT2D eigenvalue weighted by Crippen LogP contribution is 2.24. The summed E-state index contributed by atoms with van der Waals surface area (Å²) in [4.78, 5) is 7.58. The van der Waals surface area contributed by atoms with Gasteiger partial charge in [0, 0.05) is 17.3 Å². The molecule has 4 heteroatoms. The summed E-state index contributed by atoms with van der Waals surface area (Å²) in [6, 6.07) is 12.3. The Bertz CT molecular complexity index is 676. The minimum absolute atomic E-state index is 0.889. The predicted octanol–water partition coefficient (Wildman–Crippen LogP) is 3.86. The lowest BCUT2D eigenvalue weighted by molar-refractivity contribution is 0.414. The van der Waals surface area contributed by atoms with E-state index in [1.165, 1.54) is 10.9 Å². The van der Waals surface area contributed by atoms with Crippen LogP contribution in [0.1, 0.15) is 5.56 Å². The van der Waals surface area contributed by atoms with Crippen molar-refractivity contribution >= 4 is 22.7 Å². The van der Waals surface area contributed by atoms with Crippen LogP contribution in [0.5, 0.6) is 5.75 Å². The van der Waals surface area contributed by atoms with Crippen molar-refractivity contribution in [2.75, 3.05) is 7.11 Å². The van der Waals surface area contributed by atoms with E-state index in [0.29, 0.717) is 0 Å². The number of hydrogen-bond donors (Lipinski definition) is 1. The molecule has 0 aliphatic carbocycles. The normalized spacial score (nSPS) is 10.8. The van der Waals surface area contributed by atoms with Gasteiger partial charge in [-0.15, -0.1) is 11.8 Å². The largest absolute Gasteiger partial charge is 0.497 e. The number of rotatable bonds is 4. The smallest absolute Gasteiger partial charge is 0.118 e. The minimum Gasteiger partial charge on any atom is -0.497 e. The van der Waals surface area contributed by atoms with E-state index >= 15 is 0 Å². The molecule has 0 atom stereocenters. The maximum absolute atomic E-state index is 5.15. The summed E-state index contributed by atoms with van der Waals surface area (Å²) in [5.41, 5.74) is 2.34. The number of nitrogens with zero attached hydrogens (tertiary/aromatic N) is 1. The molecule has 1 N–H and O–H groups in total. The number of hydrogen-bond acceptors (Lipinski definition) is 3. The van der Waals surface area contributed by atoms with Crippen LogP contribution in [0, 0.1) is 0 Å². The molecule has 2 heterocycles. The second-order valence-corrected chi connectivity index (χ2v) is 5.22. The number of methoxy groups -OCH3 is 1. The van der Waals surface area contributed by atoms with E-state index in [1.807, 2.05) is 24.5 Å². The Morgan fingerprint density at radius 3 is 2.84 bits per heavy atom. The lowest BCUT2D eigenvalue weighted by atomic mass is 10.2. The van der Waals surface area contributed by atoms with E-state index < -0.39 is 0 Å². The number of thioether (sulfide) groups is 1. The van der Waals surface area contributed by atoms with Crippen LogP contribution in [0.2, 0.25) is 0 Å². The first-order chi connectivity index (χ1) is 9.35. The molecule has 0 radical (unpaired) electrons. The Hall–Kier alpha value is -1.94. The molecule has 0 aliphatic rings. The number of aromatic nitrogens is 2. The molecule has 3 rings (SSSR count). The average Bonchev–Trinajstić information content (AvgIpc) is 2.93. The number of pyridine rings is 1. The molecule has 0 saturated carbocycles. The van der Waals surface area contributed by atoms with Crippen molar-refractivity contribution in [1.82, 2.24) is 9.97 Å². The summed E-state index contributed by atoms with van der Waals surface area (Å²) in [7, 11) is 1.68. The third-order valence-electron chi connectivity index (χ3n) is 2.96. The second-order valence-electron chi connectivity index (χ2n) is 4.22. The zero-order valence-corrected chi connectivity index (χ0v) is 11.4. The lowest BCUT2D eigenvalue weighted by Gasteiger charge is -2.03. The fraction of sp³-hybridized carbons (Fsp3) is 0.133. The standard InChI is InChI=1S/C15H14N2OS/c1-18-13-4-2-11(3-5-13)10-19-15-8-12-6-7-16-14(12)9-17-15/h2-9,16H,10H2,1H3. The van der Waals surface area contributed by atoms with Crippen LogP contribution in [0.3, 0.4) is 0 Å². The van der Waals surface area contributed by atoms with Gasteiger partial charge < -0.3 is 9.72 Å². The highest BCUT2D eigenvalue weighted by Gasteiger charge is 2.01. The molecule has 96 valence electrons. The molecule has 0 unspecified atom stereocenters. The van der Waals surface area contributed by atoms with Gasteiger partial charge in [-0.2, -0.15) is 0 Å². The van der Waals surface area contributed by atoms with Gasteiger partial charge >= 0.3 is 0 Å². The predicted molar refractivity (Wildman–Crippen MR) is 78.6 cm³/mol. The fourth-order valence-electron chi connectivity index (χ4n) is 1.89. The summed E-state index contributed by atoms with van der Waals surface area (Å²) in [5, 5.41) is 2.25. The minimum atomic E-state index is 0.889. The number of benzene rings is 1. The SMILES string of the molecule is COc1ccc(CSc2cc3cc[nH]c3cn2)cc1. The quantitative estimate of drug-likeness (QED) is 0.731. The lowest BCUT2D eigenvalue weighted by Crippen LogP contribution is -1.85. The van der Waals surface area contributed by atoms with Crippen molar-refractivity contribution in [3.8, 4) is 5.75 Å². The molecule has 19 heavy (non-hydrogen) atoms. The third kappa shape index (κ3) is 2.74. The molecule has 0 spiro atoms. The van der Waals surface area contributed by atoms with Gasteiger partial charge in [0.05, 0.1) is 23.8 Å². The van der Waals surface area contributed by atoms with E-state index in [1.54, 1.807) is 18.9 Å². The number of nitrogens with one attached hydrogen (secondary N) is 1. The maximum atomic E-state index is 5.15. The van der Waals surface area contributed by atoms with Gasteiger partial charge in [-0.25, -0.2) is 4.98 Å². The van der Waals surface area contributed by atoms with Crippen LogP contribution in [0.15, 0.2) is 53.8 Å². The topological polar surface area (TPSA) is 37.9 Å². The van der Waals surface area contributed by atoms with E-state index in [4.69, 9.17) is 4.74 Å². The van der Waals surface area contributed by atoms with Crippen LogP contribution in [-0.4, -0.2) is 17.1 Å². The van der Waals surface area contributed by atoms with Crippen molar-refractivity contribution in [2.45, 2.75) is 10.8 Å². The molecule has 0 amide bonds. The van der Waals surface area contributed by atoms with Gasteiger partial charge in [-0.05, 0) is 29.8 Å². The summed E-state index contributed by atoms with van der Waals surface area (Å²) >= 11 is 1.74. The highest BCUT2D eigenvalue weighted by molar-refractivity contribution is 7.98. The zero-order chi connectivity index (χ0) is 13.1. The number of fused-ring (bicyclic) bond motifs is 1. The molecule has 3 aromatic rings. The first-order valence-corrected chi connectivity index (χ1v) is 7.02. The van der Waals surface area contributed by atoms with Crippen molar-refractivity contribution in [3.05, 3.63) is 54.4 Å². The second kappa shape index (κ2) is 5.36. The first-order valence-electron chi connectivity index (χ1n) is 6.04. The number of aromatic amines is 1. The van der Waals surface area contributed by atoms with Gasteiger partial charge in [0.25, 0.3) is 0 Å². The van der Waals surface area contributed by atoms with Gasteiger partial charge in [-0.3, -0.25) is 0 Å². The van der Waals surface area contributed by atoms with Crippen LogP contribution in [0.4, 0.5) is 0 Å². The van der Waals surface area contributed by atoms with Crippen LogP contribution >= 0.6 is 11.8 Å². The van der Waals surface area contributed by atoms with Crippen molar-refractivity contribution in [3.63, 3.8) is 0 Å². The Morgan fingerprint density at radius 1 is 1.21 bits per heavy atom. The van der Waals surface area contributed by atoms with E-state index in [-0.39, 0.29) is 0 Å². The molecular formula is C15H14N2OS. The molecule has 3 nitrogen and oxygen atoms in total. The Morgan fingerprint density at radius 2 is 2.05 bits per heavy atom. The van der Waals surface area contributed by atoms with E-state index in [2.05, 4.69) is 34.2 Å². The Labute approximate surface area is 116 Å². The average molecular weight is 270 g/mol. The molecule has 2 aromatic heterocycles. The number of H-pyrrole nitrogens is 1. The van der Waals surface area contributed by atoms with Crippen molar-refractivity contribution in [2.24, 2.45) is 0 Å². The number of ether oxygens (including phenoxy) is 1. The zero-order valence-electron chi connectivity index (χ0n) is 10.6. The molecular weight excluding hydrogens is 256 g/mol. The Balaban J connectivity index is 1.70. The molecule has 0 saturated heterocycles. The van der Waals surface area contributed by atoms with E-state index in [0.717, 1.165) is 22.0 Å². The van der Waals surface area contributed by atoms with Gasteiger partial charge in [0.1, 0.15) is 5.75 Å². The van der Waals surface area contributed by atoms with Gasteiger partial charge in [-0.1, -0.05) is 12.1 Å². The fourth-order valence-corrected chi connectivity index (χ4v) is 2.73. The van der Waals surface area contributed by atoms with Gasteiger partial charge in [0.15, 0.2) is 0 Å². The summed E-state index contributed by atoms with van der Waals surface area (Å²) in [6.45, 7) is 0. The summed E-state index contributed by atoms with van der Waals surface area (Å²) in [6.07, 6.45) is 3.82. The van der Waals surface area contributed by atoms with Crippen LogP contribution < -0.4 is 4.74 Å². The van der Waals surface area contributed by atoms with Crippen molar-refractivity contribution in [1.29, 1.82) is 0 Å². The summed E-state index contributed by atoms with van der Waals surface area (Å²) < 4.78 is 5.15. The first kappa shape index (κ1) is 12.1. The molecule has 0 aliphatic heterocycles. The van der Waals surface area contributed by atoms with E-state index in [9.17, 15) is 0 Å². The molecule has 0 fully saturated rings. The summed E-state index contributed by atoms with van der Waals surface area (Å²) in [5.74, 6) is 1.80. The Kier molecular flexibility index (Phi) is 3.42. The van der Waals surface area contributed by atoms with Gasteiger partial charge in [0.2, 0.25) is 0 Å².